The first-order valence-corrected chi connectivity index (χ1v) is 11.6. The van der Waals surface area contributed by atoms with E-state index in [9.17, 15) is 19.5 Å². The Bertz CT molecular complexity index is 1560. The smallest absolute Gasteiger partial charge is 0.259 e. The number of amides is 3. The van der Waals surface area contributed by atoms with Crippen molar-refractivity contribution in [2.75, 3.05) is 26.0 Å². The number of carbonyl (C=O) groups excluding carboxylic acids is 3. The molecule has 0 fully saturated rings. The van der Waals surface area contributed by atoms with Gasteiger partial charge in [0.05, 0.1) is 28.5 Å². The summed E-state index contributed by atoms with van der Waals surface area (Å²) in [5.74, 6) is -1.19. The van der Waals surface area contributed by atoms with Gasteiger partial charge in [0.25, 0.3) is 11.8 Å². The number of carbonyl (C=O) groups is 3. The van der Waals surface area contributed by atoms with Gasteiger partial charge in [0.2, 0.25) is 5.91 Å². The van der Waals surface area contributed by atoms with Crippen molar-refractivity contribution in [3.8, 4) is 0 Å². The van der Waals surface area contributed by atoms with E-state index in [1.54, 1.807) is 24.5 Å². The number of rotatable bonds is 7. The van der Waals surface area contributed by atoms with Gasteiger partial charge in [-0.15, -0.1) is 0 Å². The second-order valence-corrected chi connectivity index (χ2v) is 9.28. The molecule has 0 bridgehead atoms. The van der Waals surface area contributed by atoms with Gasteiger partial charge >= 0.3 is 0 Å². The molecule has 0 radical (unpaired) electrons. The Labute approximate surface area is 207 Å². The maximum Gasteiger partial charge on any atom is 0.259 e. The molecule has 3 heterocycles. The van der Waals surface area contributed by atoms with Crippen molar-refractivity contribution in [1.29, 1.82) is 0 Å². The molecule has 0 saturated carbocycles. The van der Waals surface area contributed by atoms with Crippen LogP contribution in [0.1, 0.15) is 18.1 Å². The van der Waals surface area contributed by atoms with Gasteiger partial charge in [0, 0.05) is 59.8 Å². The molecule has 36 heavy (non-hydrogen) atoms. The van der Waals surface area contributed by atoms with E-state index in [0.29, 0.717) is 34.3 Å². The number of fused-ring (bicyclic) bond motifs is 2. The van der Waals surface area contributed by atoms with Gasteiger partial charge < -0.3 is 24.9 Å². The molecular weight excluding hydrogens is 458 g/mol. The summed E-state index contributed by atoms with van der Waals surface area (Å²) in [6.07, 6.45) is 2.81. The molecule has 3 amide bonds. The Balaban J connectivity index is 1.76. The van der Waals surface area contributed by atoms with E-state index >= 15 is 0 Å². The van der Waals surface area contributed by atoms with Crippen molar-refractivity contribution in [3.05, 3.63) is 66.0 Å². The largest absolute Gasteiger partial charge is 0.390 e. The highest BCUT2D eigenvalue weighted by atomic mass is 16.3. The van der Waals surface area contributed by atoms with E-state index < -0.39 is 17.9 Å². The van der Waals surface area contributed by atoms with Gasteiger partial charge in [-0.1, -0.05) is 30.3 Å². The normalized spacial score (nSPS) is 14.8. The maximum atomic E-state index is 13.2. The van der Waals surface area contributed by atoms with Gasteiger partial charge in [-0.3, -0.25) is 19.7 Å². The van der Waals surface area contributed by atoms with Gasteiger partial charge in [0.1, 0.15) is 0 Å². The molecule has 0 saturated heterocycles. The van der Waals surface area contributed by atoms with E-state index in [-0.39, 0.29) is 23.6 Å². The summed E-state index contributed by atoms with van der Waals surface area (Å²) in [7, 11) is 3.75. The Kier molecular flexibility index (Phi) is 5.95. The molecule has 0 spiro atoms. The van der Waals surface area contributed by atoms with Crippen LogP contribution in [0, 0.1) is 0 Å². The predicted molar refractivity (Wildman–Crippen MR) is 139 cm³/mol. The van der Waals surface area contributed by atoms with Gasteiger partial charge in [-0.2, -0.15) is 0 Å². The number of aromatic amines is 1. The van der Waals surface area contributed by atoms with Crippen molar-refractivity contribution in [3.63, 3.8) is 0 Å². The highest BCUT2D eigenvalue weighted by Gasteiger charge is 2.35. The molecule has 4 aromatic rings. The van der Waals surface area contributed by atoms with Crippen LogP contribution in [0.5, 0.6) is 0 Å². The lowest BCUT2D eigenvalue weighted by molar-refractivity contribution is -0.123. The molecule has 0 aliphatic carbocycles. The second-order valence-electron chi connectivity index (χ2n) is 9.28. The molecule has 1 aliphatic rings. The Hall–Kier alpha value is -4.21. The fourth-order valence-electron chi connectivity index (χ4n) is 4.95. The monoisotopic (exact) mass is 485 g/mol. The number of aliphatic hydroxyl groups excluding tert-OH is 1. The SMILES string of the molecule is CC(=O)Nc1cccc2c(C3=C(c4c[nH]c5ccccc45)C(=O)NC3=O)cn(CC(O)CN(C)C)c12. The number of nitrogens with zero attached hydrogens (tertiary/aromatic N) is 2. The fourth-order valence-corrected chi connectivity index (χ4v) is 4.95. The minimum absolute atomic E-state index is 0.233. The lowest BCUT2D eigenvalue weighted by atomic mass is 9.95. The fraction of sp³-hybridized carbons (Fsp3) is 0.222. The number of imide groups is 1. The van der Waals surface area contributed by atoms with E-state index in [1.807, 2.05) is 53.9 Å². The van der Waals surface area contributed by atoms with Crippen LogP contribution in [0.15, 0.2) is 54.9 Å². The van der Waals surface area contributed by atoms with Gasteiger partial charge in [-0.05, 0) is 26.2 Å². The quantitative estimate of drug-likeness (QED) is 0.300. The number of likely N-dealkylation sites (N-methyl/N-ethyl adjacent to an activating group) is 1. The number of hydrogen-bond acceptors (Lipinski definition) is 5. The average Bonchev–Trinajstić information content (AvgIpc) is 3.46. The first-order valence-electron chi connectivity index (χ1n) is 11.6. The highest BCUT2D eigenvalue weighted by molar-refractivity contribution is 6.50. The zero-order valence-electron chi connectivity index (χ0n) is 20.3. The van der Waals surface area contributed by atoms with Gasteiger partial charge in [-0.25, -0.2) is 0 Å². The van der Waals surface area contributed by atoms with Crippen molar-refractivity contribution in [2.45, 2.75) is 19.6 Å². The van der Waals surface area contributed by atoms with Gasteiger partial charge in [0.15, 0.2) is 0 Å². The summed E-state index contributed by atoms with van der Waals surface area (Å²) in [5, 5.41) is 17.5. The third-order valence-corrected chi connectivity index (χ3v) is 6.25. The minimum Gasteiger partial charge on any atom is -0.390 e. The van der Waals surface area contributed by atoms with Crippen LogP contribution in [-0.4, -0.2) is 64.0 Å². The molecule has 2 aromatic carbocycles. The van der Waals surface area contributed by atoms with Crippen molar-refractivity contribution in [1.82, 2.24) is 19.8 Å². The second kappa shape index (κ2) is 9.10. The third kappa shape index (κ3) is 4.08. The molecule has 9 nitrogen and oxygen atoms in total. The lowest BCUT2D eigenvalue weighted by Crippen LogP contribution is -2.29. The first-order chi connectivity index (χ1) is 17.2. The Morgan fingerprint density at radius 2 is 1.72 bits per heavy atom. The Morgan fingerprint density at radius 1 is 1.03 bits per heavy atom. The van der Waals surface area contributed by atoms with E-state index in [4.69, 9.17) is 0 Å². The van der Waals surface area contributed by atoms with Crippen LogP contribution >= 0.6 is 0 Å². The van der Waals surface area contributed by atoms with Crippen molar-refractivity contribution < 1.29 is 19.5 Å². The van der Waals surface area contributed by atoms with E-state index in [1.165, 1.54) is 6.92 Å². The minimum atomic E-state index is -0.699. The summed E-state index contributed by atoms with van der Waals surface area (Å²) in [6, 6.07) is 13.0. The topological polar surface area (TPSA) is 119 Å². The first kappa shape index (κ1) is 23.5. The number of aromatic nitrogens is 2. The summed E-state index contributed by atoms with van der Waals surface area (Å²) >= 11 is 0. The molecular formula is C27H27N5O4. The zero-order valence-corrected chi connectivity index (χ0v) is 20.3. The maximum absolute atomic E-state index is 13.2. The number of aliphatic hydroxyl groups is 1. The van der Waals surface area contributed by atoms with Crippen LogP contribution in [0.4, 0.5) is 5.69 Å². The molecule has 5 rings (SSSR count). The third-order valence-electron chi connectivity index (χ3n) is 6.25. The number of benzene rings is 2. The van der Waals surface area contributed by atoms with Crippen molar-refractivity contribution >= 4 is 56.4 Å². The molecule has 1 unspecified atom stereocenters. The van der Waals surface area contributed by atoms with E-state index in [2.05, 4.69) is 15.6 Å². The molecule has 1 aliphatic heterocycles. The van der Waals surface area contributed by atoms with Crippen LogP contribution in [0.25, 0.3) is 33.0 Å². The zero-order chi connectivity index (χ0) is 25.6. The van der Waals surface area contributed by atoms with Crippen LogP contribution < -0.4 is 10.6 Å². The molecule has 2 aromatic heterocycles. The molecule has 4 N–H and O–H groups in total. The van der Waals surface area contributed by atoms with Crippen molar-refractivity contribution in [2.24, 2.45) is 0 Å². The Morgan fingerprint density at radius 3 is 2.44 bits per heavy atom. The summed E-state index contributed by atoms with van der Waals surface area (Å²) in [5.41, 5.74) is 3.81. The van der Waals surface area contributed by atoms with Crippen LogP contribution in [-0.2, 0) is 20.9 Å². The molecule has 9 heteroatoms. The number of nitrogens with one attached hydrogen (secondary N) is 3. The standard InChI is InChI=1S/C27H27N5O4/c1-15(33)29-22-10-6-8-18-20(14-32(25(18)22)13-16(34)12-31(2)3)24-23(26(35)30-27(24)36)19-11-28-21-9-5-4-7-17(19)21/h4-11,14,16,28,34H,12-13H2,1-3H3,(H,29,33)(H,30,35,36). The number of H-pyrrole nitrogens is 1. The number of anilines is 1. The summed E-state index contributed by atoms with van der Waals surface area (Å²) in [4.78, 5) is 43.2. The average molecular weight is 486 g/mol. The number of para-hydroxylation sites is 2. The van der Waals surface area contributed by atoms with Crippen LogP contribution in [0.3, 0.4) is 0 Å². The predicted octanol–water partition coefficient (Wildman–Crippen LogP) is 2.57. The molecule has 184 valence electrons. The highest BCUT2D eigenvalue weighted by Crippen LogP contribution is 2.39. The lowest BCUT2D eigenvalue weighted by Gasteiger charge is -2.18. The van der Waals surface area contributed by atoms with Crippen LogP contribution in [0.2, 0.25) is 0 Å². The summed E-state index contributed by atoms with van der Waals surface area (Å²) in [6.45, 7) is 2.09. The van der Waals surface area contributed by atoms with E-state index in [0.717, 1.165) is 10.9 Å². The summed E-state index contributed by atoms with van der Waals surface area (Å²) < 4.78 is 1.83. The number of hydrogen-bond donors (Lipinski definition) is 4. The molecule has 1 atom stereocenters.